The molecular formula is C19H18Cl2N2O2. The Morgan fingerprint density at radius 1 is 1.20 bits per heavy atom. The van der Waals surface area contributed by atoms with Gasteiger partial charge in [-0.25, -0.2) is 0 Å². The molecule has 4 rings (SSSR count). The molecular weight excluding hydrogens is 359 g/mol. The van der Waals surface area contributed by atoms with Gasteiger partial charge in [-0.05, 0) is 37.1 Å². The molecule has 0 spiro atoms. The summed E-state index contributed by atoms with van der Waals surface area (Å²) in [5.41, 5.74) is 2.31. The van der Waals surface area contributed by atoms with E-state index in [1.165, 1.54) is 0 Å². The Kier molecular flexibility index (Phi) is 4.59. The van der Waals surface area contributed by atoms with Crippen molar-refractivity contribution in [1.82, 2.24) is 4.90 Å². The average Bonchev–Trinajstić information content (AvgIpc) is 3.11. The lowest BCUT2D eigenvalue weighted by molar-refractivity contribution is 0.0427. The van der Waals surface area contributed by atoms with E-state index in [4.69, 9.17) is 27.9 Å². The van der Waals surface area contributed by atoms with Gasteiger partial charge in [-0.2, -0.15) is 0 Å². The Morgan fingerprint density at radius 2 is 2.04 bits per heavy atom. The number of carbonyl (C=O) groups is 1. The molecule has 1 N–H and O–H groups in total. The van der Waals surface area contributed by atoms with Crippen LogP contribution in [0, 0.1) is 0 Å². The summed E-state index contributed by atoms with van der Waals surface area (Å²) < 4.78 is 5.75. The van der Waals surface area contributed by atoms with Crippen molar-refractivity contribution in [3.8, 4) is 0 Å². The van der Waals surface area contributed by atoms with Crippen molar-refractivity contribution in [1.29, 1.82) is 0 Å². The van der Waals surface area contributed by atoms with Crippen LogP contribution in [-0.4, -0.2) is 30.1 Å². The Morgan fingerprint density at radius 3 is 2.80 bits per heavy atom. The van der Waals surface area contributed by atoms with Gasteiger partial charge >= 0.3 is 0 Å². The summed E-state index contributed by atoms with van der Waals surface area (Å²) in [5.74, 6) is -0.0131. The van der Waals surface area contributed by atoms with E-state index in [1.807, 2.05) is 35.2 Å². The fraction of sp³-hybridized carbons (Fsp3) is 0.316. The molecule has 0 aliphatic carbocycles. The van der Waals surface area contributed by atoms with E-state index in [-0.39, 0.29) is 18.2 Å². The summed E-state index contributed by atoms with van der Waals surface area (Å²) in [5, 5.41) is 4.56. The van der Waals surface area contributed by atoms with Gasteiger partial charge < -0.3 is 15.0 Å². The molecule has 1 fully saturated rings. The number of rotatable bonds is 3. The quantitative estimate of drug-likeness (QED) is 0.840. The van der Waals surface area contributed by atoms with E-state index in [1.54, 1.807) is 12.1 Å². The van der Waals surface area contributed by atoms with Gasteiger partial charge in [0, 0.05) is 34.4 Å². The standard InChI is InChI=1S/C19H18Cl2N2O2/c20-12-7-8-14(16(21)10-12)18-22-17-6-2-1-5-15(17)19(24)23(18)11-13-4-3-9-25-13/h1-2,5-8,10,13,18,22H,3-4,9,11H2/t13-,18+/m0/s1. The second-order valence-corrected chi connectivity index (χ2v) is 7.19. The number of halogens is 2. The number of benzene rings is 2. The maximum absolute atomic E-state index is 13.1. The molecule has 4 nitrogen and oxygen atoms in total. The van der Waals surface area contributed by atoms with Crippen LogP contribution in [0.4, 0.5) is 5.69 Å². The van der Waals surface area contributed by atoms with Gasteiger partial charge in [0.15, 0.2) is 0 Å². The van der Waals surface area contributed by atoms with Gasteiger partial charge in [-0.3, -0.25) is 4.79 Å². The largest absolute Gasteiger partial charge is 0.376 e. The first kappa shape index (κ1) is 16.7. The minimum Gasteiger partial charge on any atom is -0.376 e. The highest BCUT2D eigenvalue weighted by Gasteiger charge is 2.35. The lowest BCUT2D eigenvalue weighted by Gasteiger charge is -2.39. The van der Waals surface area contributed by atoms with E-state index in [0.29, 0.717) is 22.2 Å². The van der Waals surface area contributed by atoms with Crippen molar-refractivity contribution in [2.75, 3.05) is 18.5 Å². The fourth-order valence-corrected chi connectivity index (χ4v) is 3.97. The van der Waals surface area contributed by atoms with Crippen LogP contribution < -0.4 is 5.32 Å². The number of amides is 1. The number of fused-ring (bicyclic) bond motifs is 1. The second kappa shape index (κ2) is 6.87. The third-order valence-electron chi connectivity index (χ3n) is 4.70. The number of hydrogen-bond acceptors (Lipinski definition) is 3. The van der Waals surface area contributed by atoms with Gasteiger partial charge in [0.25, 0.3) is 5.91 Å². The summed E-state index contributed by atoms with van der Waals surface area (Å²) in [4.78, 5) is 14.9. The number of nitrogens with zero attached hydrogens (tertiary/aromatic N) is 1. The molecule has 2 aliphatic heterocycles. The molecule has 0 unspecified atom stereocenters. The van der Waals surface area contributed by atoms with Crippen LogP contribution in [0.1, 0.15) is 34.9 Å². The van der Waals surface area contributed by atoms with Crippen molar-refractivity contribution in [2.45, 2.75) is 25.1 Å². The van der Waals surface area contributed by atoms with Gasteiger partial charge in [-0.1, -0.05) is 41.4 Å². The monoisotopic (exact) mass is 376 g/mol. The van der Waals surface area contributed by atoms with E-state index in [2.05, 4.69) is 5.32 Å². The van der Waals surface area contributed by atoms with Crippen LogP contribution in [0.3, 0.4) is 0 Å². The first-order chi connectivity index (χ1) is 12.1. The van der Waals surface area contributed by atoms with E-state index in [0.717, 1.165) is 30.7 Å². The van der Waals surface area contributed by atoms with E-state index >= 15 is 0 Å². The van der Waals surface area contributed by atoms with Crippen LogP contribution in [0.5, 0.6) is 0 Å². The highest BCUT2D eigenvalue weighted by atomic mass is 35.5. The van der Waals surface area contributed by atoms with E-state index < -0.39 is 0 Å². The Hall–Kier alpha value is -1.75. The SMILES string of the molecule is O=C1c2ccccc2N[C@@H](c2ccc(Cl)cc2Cl)N1C[C@@H]1CCCO1. The zero-order valence-electron chi connectivity index (χ0n) is 13.5. The summed E-state index contributed by atoms with van der Waals surface area (Å²) >= 11 is 12.5. The van der Waals surface area contributed by atoms with Crippen molar-refractivity contribution in [3.63, 3.8) is 0 Å². The second-order valence-electron chi connectivity index (χ2n) is 6.35. The maximum atomic E-state index is 13.1. The number of para-hydroxylation sites is 1. The number of nitrogens with one attached hydrogen (secondary N) is 1. The zero-order valence-corrected chi connectivity index (χ0v) is 15.1. The van der Waals surface area contributed by atoms with Gasteiger partial charge in [0.2, 0.25) is 0 Å². The molecule has 2 aliphatic rings. The maximum Gasteiger partial charge on any atom is 0.257 e. The average molecular weight is 377 g/mol. The molecule has 130 valence electrons. The Bertz CT molecular complexity index is 806. The number of carbonyl (C=O) groups excluding carboxylic acids is 1. The predicted octanol–water partition coefficient (Wildman–Crippen LogP) is 4.74. The van der Waals surface area contributed by atoms with Gasteiger partial charge in [-0.15, -0.1) is 0 Å². The summed E-state index contributed by atoms with van der Waals surface area (Å²) in [7, 11) is 0. The highest BCUT2D eigenvalue weighted by Crippen LogP contribution is 2.37. The molecule has 0 bridgehead atoms. The molecule has 2 aromatic rings. The Balaban J connectivity index is 1.74. The summed E-state index contributed by atoms with van der Waals surface area (Å²) in [6.07, 6.45) is 1.70. The number of hydrogen-bond donors (Lipinski definition) is 1. The predicted molar refractivity (Wildman–Crippen MR) is 99.3 cm³/mol. The summed E-state index contributed by atoms with van der Waals surface area (Å²) in [6.45, 7) is 1.28. The van der Waals surface area contributed by atoms with Crippen LogP contribution >= 0.6 is 23.2 Å². The van der Waals surface area contributed by atoms with Crippen molar-refractivity contribution >= 4 is 34.8 Å². The molecule has 2 heterocycles. The molecule has 25 heavy (non-hydrogen) atoms. The van der Waals surface area contributed by atoms with Crippen molar-refractivity contribution in [2.24, 2.45) is 0 Å². The third-order valence-corrected chi connectivity index (χ3v) is 5.27. The third kappa shape index (κ3) is 3.22. The molecule has 1 saturated heterocycles. The first-order valence-electron chi connectivity index (χ1n) is 8.36. The molecule has 0 saturated carbocycles. The molecule has 6 heteroatoms. The van der Waals surface area contributed by atoms with Crippen LogP contribution in [0.25, 0.3) is 0 Å². The minimum absolute atomic E-state index is 0.0131. The van der Waals surface area contributed by atoms with Gasteiger partial charge in [0.1, 0.15) is 6.17 Å². The number of anilines is 1. The molecule has 0 aromatic heterocycles. The topological polar surface area (TPSA) is 41.6 Å². The van der Waals surface area contributed by atoms with Crippen molar-refractivity contribution < 1.29 is 9.53 Å². The smallest absolute Gasteiger partial charge is 0.257 e. The minimum atomic E-state index is -0.351. The van der Waals surface area contributed by atoms with Crippen molar-refractivity contribution in [3.05, 3.63) is 63.6 Å². The van der Waals surface area contributed by atoms with Crippen LogP contribution in [0.2, 0.25) is 10.0 Å². The normalized spacial score (nSPS) is 22.6. The first-order valence-corrected chi connectivity index (χ1v) is 9.12. The fourth-order valence-electron chi connectivity index (χ4n) is 3.46. The molecule has 0 radical (unpaired) electrons. The summed E-state index contributed by atoms with van der Waals surface area (Å²) in [6, 6.07) is 12.9. The number of ether oxygens (including phenoxy) is 1. The lowest BCUT2D eigenvalue weighted by atomic mass is 10.0. The molecule has 2 atom stereocenters. The molecule has 1 amide bonds. The molecule has 2 aromatic carbocycles. The van der Waals surface area contributed by atoms with E-state index in [9.17, 15) is 4.79 Å². The lowest BCUT2D eigenvalue weighted by Crippen LogP contribution is -2.46. The Labute approximate surface area is 156 Å². The van der Waals surface area contributed by atoms with Crippen LogP contribution in [-0.2, 0) is 4.74 Å². The van der Waals surface area contributed by atoms with Crippen LogP contribution in [0.15, 0.2) is 42.5 Å². The zero-order chi connectivity index (χ0) is 17.4. The van der Waals surface area contributed by atoms with Gasteiger partial charge in [0.05, 0.1) is 11.7 Å². The highest BCUT2D eigenvalue weighted by molar-refractivity contribution is 6.35.